The van der Waals surface area contributed by atoms with E-state index in [-0.39, 0.29) is 18.3 Å². The van der Waals surface area contributed by atoms with Crippen molar-refractivity contribution in [3.05, 3.63) is 48.5 Å². The molecule has 2 aromatic carbocycles. The van der Waals surface area contributed by atoms with Crippen molar-refractivity contribution in [1.82, 2.24) is 9.88 Å². The van der Waals surface area contributed by atoms with E-state index >= 15 is 0 Å². The van der Waals surface area contributed by atoms with Gasteiger partial charge in [0.05, 0.1) is 11.3 Å². The molecule has 0 atom stereocenters. The summed E-state index contributed by atoms with van der Waals surface area (Å²) in [6, 6.07) is 16.2. The van der Waals surface area contributed by atoms with Crippen LogP contribution in [-0.2, 0) is 4.79 Å². The van der Waals surface area contributed by atoms with Crippen molar-refractivity contribution in [3.8, 4) is 5.75 Å². The van der Waals surface area contributed by atoms with Crippen LogP contribution in [0.2, 0.25) is 0 Å². The molecule has 0 spiro atoms. The Kier molecular flexibility index (Phi) is 10.6. The summed E-state index contributed by atoms with van der Waals surface area (Å²) in [6.45, 7) is 3.97. The van der Waals surface area contributed by atoms with Gasteiger partial charge in [-0.1, -0.05) is 35.6 Å². The van der Waals surface area contributed by atoms with Gasteiger partial charge in [0.2, 0.25) is 5.91 Å². The number of carbonyl (C=O) groups is 1. The Labute approximate surface area is 199 Å². The molecule has 0 fully saturated rings. The van der Waals surface area contributed by atoms with Gasteiger partial charge in [0.25, 0.3) is 0 Å². The third-order valence-electron chi connectivity index (χ3n) is 4.52. The van der Waals surface area contributed by atoms with Crippen molar-refractivity contribution in [1.29, 1.82) is 0 Å². The van der Waals surface area contributed by atoms with Crippen LogP contribution >= 0.6 is 35.5 Å². The number of amides is 1. The first kappa shape index (κ1) is 25.5. The molecule has 31 heavy (non-hydrogen) atoms. The lowest BCUT2D eigenvalue weighted by Gasteiger charge is -2.22. The molecule has 0 saturated carbocycles. The molecular formula is C23H30ClN3O2S2. The van der Waals surface area contributed by atoms with Gasteiger partial charge in [0.15, 0.2) is 5.13 Å². The van der Waals surface area contributed by atoms with E-state index in [0.717, 1.165) is 39.8 Å². The summed E-state index contributed by atoms with van der Waals surface area (Å²) in [6.07, 6.45) is 1.35. The Morgan fingerprint density at radius 1 is 1.10 bits per heavy atom. The summed E-state index contributed by atoms with van der Waals surface area (Å²) in [5, 5.41) is 0.750. The smallest absolute Gasteiger partial charge is 0.228 e. The highest BCUT2D eigenvalue weighted by molar-refractivity contribution is 7.99. The molecule has 168 valence electrons. The Balaban J connectivity index is 0.00000341. The SMILES string of the molecule is CCOc1cccc2sc(N(CCN(C)C)C(=O)CCCSc3ccccc3)nc12.Cl. The van der Waals surface area contributed by atoms with Gasteiger partial charge in [-0.3, -0.25) is 9.69 Å². The molecule has 0 saturated heterocycles. The van der Waals surface area contributed by atoms with Crippen molar-refractivity contribution >= 4 is 56.8 Å². The number of aromatic nitrogens is 1. The van der Waals surface area contributed by atoms with Gasteiger partial charge in [-0.25, -0.2) is 4.98 Å². The van der Waals surface area contributed by atoms with Gasteiger partial charge < -0.3 is 9.64 Å². The summed E-state index contributed by atoms with van der Waals surface area (Å²) < 4.78 is 6.76. The molecule has 0 bridgehead atoms. The van der Waals surface area contributed by atoms with E-state index in [0.29, 0.717) is 19.6 Å². The second kappa shape index (κ2) is 12.9. The molecule has 0 unspecified atom stereocenters. The number of rotatable bonds is 11. The highest BCUT2D eigenvalue weighted by atomic mass is 35.5. The van der Waals surface area contributed by atoms with Crippen LogP contribution in [-0.4, -0.2) is 55.3 Å². The first-order valence-corrected chi connectivity index (χ1v) is 12.0. The Bertz CT molecular complexity index is 950. The fourth-order valence-electron chi connectivity index (χ4n) is 2.99. The van der Waals surface area contributed by atoms with Gasteiger partial charge in [-0.15, -0.1) is 24.2 Å². The topological polar surface area (TPSA) is 45.7 Å². The minimum absolute atomic E-state index is 0. The monoisotopic (exact) mass is 479 g/mol. The summed E-state index contributed by atoms with van der Waals surface area (Å²) in [5.74, 6) is 1.82. The molecule has 1 heterocycles. The standard InChI is InChI=1S/C23H29N3O2S2.ClH/c1-4-28-19-12-8-13-20-22(19)24-23(30-20)26(16-15-25(2)3)21(27)14-9-17-29-18-10-6-5-7-11-18;/h5-8,10-13H,4,9,14-17H2,1-3H3;1H. The number of anilines is 1. The summed E-state index contributed by atoms with van der Waals surface area (Å²) >= 11 is 3.34. The van der Waals surface area contributed by atoms with E-state index in [1.54, 1.807) is 23.1 Å². The first-order chi connectivity index (χ1) is 14.6. The molecule has 3 aromatic rings. The lowest BCUT2D eigenvalue weighted by atomic mass is 10.3. The predicted molar refractivity (Wildman–Crippen MR) is 135 cm³/mol. The zero-order chi connectivity index (χ0) is 21.3. The quantitative estimate of drug-likeness (QED) is 0.265. The lowest BCUT2D eigenvalue weighted by Crippen LogP contribution is -2.36. The van der Waals surface area contributed by atoms with Gasteiger partial charge in [0.1, 0.15) is 11.3 Å². The highest BCUT2D eigenvalue weighted by Gasteiger charge is 2.20. The number of hydrogen-bond donors (Lipinski definition) is 0. The maximum Gasteiger partial charge on any atom is 0.228 e. The normalized spacial score (nSPS) is 10.8. The van der Waals surface area contributed by atoms with E-state index in [4.69, 9.17) is 9.72 Å². The molecule has 0 aliphatic carbocycles. The number of thioether (sulfide) groups is 1. The van der Waals surface area contributed by atoms with Gasteiger partial charge in [0, 0.05) is 24.4 Å². The molecule has 0 N–H and O–H groups in total. The maximum absolute atomic E-state index is 13.1. The predicted octanol–water partition coefficient (Wildman–Crippen LogP) is 5.58. The third-order valence-corrected chi connectivity index (χ3v) is 6.66. The summed E-state index contributed by atoms with van der Waals surface area (Å²) in [7, 11) is 4.04. The van der Waals surface area contributed by atoms with Crippen molar-refractivity contribution in [2.24, 2.45) is 0 Å². The fourth-order valence-corrected chi connectivity index (χ4v) is 4.89. The van der Waals surface area contributed by atoms with Crippen molar-refractivity contribution in [2.75, 3.05) is 44.4 Å². The molecule has 0 aliphatic heterocycles. The van der Waals surface area contributed by atoms with Crippen LogP contribution in [0.3, 0.4) is 0 Å². The number of fused-ring (bicyclic) bond motifs is 1. The number of nitrogens with zero attached hydrogens (tertiary/aromatic N) is 3. The minimum atomic E-state index is 0. The van der Waals surface area contributed by atoms with E-state index < -0.39 is 0 Å². The van der Waals surface area contributed by atoms with Crippen LogP contribution in [0.25, 0.3) is 10.2 Å². The van der Waals surface area contributed by atoms with Crippen LogP contribution in [0.4, 0.5) is 5.13 Å². The summed E-state index contributed by atoms with van der Waals surface area (Å²) in [4.78, 5) is 23.0. The number of benzene rings is 2. The van der Waals surface area contributed by atoms with Crippen LogP contribution in [0.5, 0.6) is 5.75 Å². The third kappa shape index (κ3) is 7.38. The Morgan fingerprint density at radius 2 is 1.87 bits per heavy atom. The van der Waals surface area contributed by atoms with E-state index in [1.165, 1.54) is 4.90 Å². The summed E-state index contributed by atoms with van der Waals surface area (Å²) in [5.41, 5.74) is 0.835. The van der Waals surface area contributed by atoms with E-state index in [9.17, 15) is 4.79 Å². The van der Waals surface area contributed by atoms with Gasteiger partial charge >= 0.3 is 0 Å². The lowest BCUT2D eigenvalue weighted by molar-refractivity contribution is -0.118. The van der Waals surface area contributed by atoms with Crippen LogP contribution in [0.1, 0.15) is 19.8 Å². The minimum Gasteiger partial charge on any atom is -0.492 e. The second-order valence-corrected chi connectivity index (χ2v) is 9.32. The molecule has 1 aromatic heterocycles. The Morgan fingerprint density at radius 3 is 2.58 bits per heavy atom. The first-order valence-electron chi connectivity index (χ1n) is 10.2. The molecule has 5 nitrogen and oxygen atoms in total. The zero-order valence-electron chi connectivity index (χ0n) is 18.2. The number of hydrogen-bond acceptors (Lipinski definition) is 6. The largest absolute Gasteiger partial charge is 0.492 e. The van der Waals surface area contributed by atoms with Crippen LogP contribution in [0.15, 0.2) is 53.4 Å². The number of halogens is 1. The van der Waals surface area contributed by atoms with Crippen molar-refractivity contribution in [2.45, 2.75) is 24.7 Å². The van der Waals surface area contributed by atoms with Crippen LogP contribution in [0, 0.1) is 0 Å². The maximum atomic E-state index is 13.1. The number of para-hydroxylation sites is 1. The zero-order valence-corrected chi connectivity index (χ0v) is 20.7. The van der Waals surface area contributed by atoms with Gasteiger partial charge in [-0.2, -0.15) is 0 Å². The number of likely N-dealkylation sites (N-methyl/N-ethyl adjacent to an activating group) is 1. The molecule has 1 amide bonds. The molecular weight excluding hydrogens is 450 g/mol. The van der Waals surface area contributed by atoms with Crippen molar-refractivity contribution < 1.29 is 9.53 Å². The average Bonchev–Trinajstić information content (AvgIpc) is 3.17. The van der Waals surface area contributed by atoms with E-state index in [2.05, 4.69) is 17.0 Å². The molecule has 0 radical (unpaired) electrons. The van der Waals surface area contributed by atoms with Crippen molar-refractivity contribution in [3.63, 3.8) is 0 Å². The average molecular weight is 480 g/mol. The number of ether oxygens (including phenoxy) is 1. The second-order valence-electron chi connectivity index (χ2n) is 7.15. The molecule has 3 rings (SSSR count). The molecule has 8 heteroatoms. The van der Waals surface area contributed by atoms with E-state index in [1.807, 2.05) is 62.3 Å². The molecule has 0 aliphatic rings. The Hall–Kier alpha value is -1.80. The van der Waals surface area contributed by atoms with Gasteiger partial charge in [-0.05, 0) is 57.5 Å². The number of carbonyl (C=O) groups excluding carboxylic acids is 1. The highest BCUT2D eigenvalue weighted by Crippen LogP contribution is 2.34. The van der Waals surface area contributed by atoms with Crippen LogP contribution < -0.4 is 9.64 Å². The number of thiazole rings is 1. The fraction of sp³-hybridized carbons (Fsp3) is 0.391.